The quantitative estimate of drug-likeness (QED) is 0.843. The molecule has 110 valence electrons. The number of benzene rings is 1. The Morgan fingerprint density at radius 2 is 1.85 bits per heavy atom. The standard InChI is InChI=1S/C16H22ClNO2/c1-12(20-15-10-8-13(17)9-11-15)16(19)18(2)14-6-4-3-5-7-14/h8-12,14H,3-7H2,1-2H3/t12-/m1/s1. The number of rotatable bonds is 4. The lowest BCUT2D eigenvalue weighted by molar-refractivity contribution is -0.139. The lowest BCUT2D eigenvalue weighted by Crippen LogP contribution is -2.44. The molecule has 2 rings (SSSR count). The van der Waals surface area contributed by atoms with Crippen molar-refractivity contribution in [1.29, 1.82) is 0 Å². The van der Waals surface area contributed by atoms with E-state index in [4.69, 9.17) is 16.3 Å². The molecule has 0 unspecified atom stereocenters. The van der Waals surface area contributed by atoms with Gasteiger partial charge in [-0.3, -0.25) is 4.79 Å². The minimum absolute atomic E-state index is 0.0480. The van der Waals surface area contributed by atoms with Crippen LogP contribution in [0, 0.1) is 0 Å². The fourth-order valence-electron chi connectivity index (χ4n) is 2.70. The van der Waals surface area contributed by atoms with Gasteiger partial charge in [0, 0.05) is 18.1 Å². The number of carbonyl (C=O) groups is 1. The Morgan fingerprint density at radius 3 is 2.45 bits per heavy atom. The monoisotopic (exact) mass is 295 g/mol. The molecule has 0 saturated heterocycles. The predicted octanol–water partition coefficient (Wildman–Crippen LogP) is 3.90. The highest BCUT2D eigenvalue weighted by Gasteiger charge is 2.26. The first-order chi connectivity index (χ1) is 9.58. The summed E-state index contributed by atoms with van der Waals surface area (Å²) in [6.07, 6.45) is 5.47. The van der Waals surface area contributed by atoms with Gasteiger partial charge in [-0.05, 0) is 44.0 Å². The topological polar surface area (TPSA) is 29.5 Å². The van der Waals surface area contributed by atoms with E-state index in [2.05, 4.69) is 0 Å². The highest BCUT2D eigenvalue weighted by molar-refractivity contribution is 6.30. The third-order valence-electron chi connectivity index (χ3n) is 3.94. The van der Waals surface area contributed by atoms with Crippen LogP contribution in [-0.4, -0.2) is 30.0 Å². The summed E-state index contributed by atoms with van der Waals surface area (Å²) in [5, 5.41) is 0.663. The summed E-state index contributed by atoms with van der Waals surface area (Å²) in [6, 6.07) is 7.46. The normalized spacial score (nSPS) is 17.6. The van der Waals surface area contributed by atoms with Crippen molar-refractivity contribution in [3.8, 4) is 5.75 Å². The second kappa shape index (κ2) is 6.98. The highest BCUT2D eigenvalue weighted by Crippen LogP contribution is 2.23. The Kier molecular flexibility index (Phi) is 5.30. The molecule has 4 heteroatoms. The maximum atomic E-state index is 12.4. The Hall–Kier alpha value is -1.22. The van der Waals surface area contributed by atoms with E-state index in [9.17, 15) is 4.79 Å². The van der Waals surface area contributed by atoms with Crippen LogP contribution in [-0.2, 0) is 4.79 Å². The van der Waals surface area contributed by atoms with Crippen LogP contribution in [0.3, 0.4) is 0 Å². The Bertz CT molecular complexity index is 440. The van der Waals surface area contributed by atoms with Crippen LogP contribution in [0.1, 0.15) is 39.0 Å². The van der Waals surface area contributed by atoms with Gasteiger partial charge in [-0.1, -0.05) is 30.9 Å². The zero-order valence-electron chi connectivity index (χ0n) is 12.1. The molecule has 3 nitrogen and oxygen atoms in total. The van der Waals surface area contributed by atoms with Crippen molar-refractivity contribution in [2.75, 3.05) is 7.05 Å². The molecule has 0 heterocycles. The SMILES string of the molecule is C[C@@H](Oc1ccc(Cl)cc1)C(=O)N(C)C1CCCCC1. The van der Waals surface area contributed by atoms with Gasteiger partial charge in [-0.15, -0.1) is 0 Å². The molecular formula is C16H22ClNO2. The van der Waals surface area contributed by atoms with Crippen LogP contribution in [0.4, 0.5) is 0 Å². The Labute approximate surface area is 125 Å². The summed E-state index contributed by atoms with van der Waals surface area (Å²) in [5.74, 6) is 0.721. The lowest BCUT2D eigenvalue weighted by Gasteiger charge is -2.32. The molecule has 1 aliphatic rings. The van der Waals surface area contributed by atoms with Crippen molar-refractivity contribution in [2.24, 2.45) is 0 Å². The van der Waals surface area contributed by atoms with Crippen LogP contribution in [0.5, 0.6) is 5.75 Å². The maximum Gasteiger partial charge on any atom is 0.263 e. The number of likely N-dealkylation sites (N-methyl/N-ethyl adjacent to an activating group) is 1. The fourth-order valence-corrected chi connectivity index (χ4v) is 2.83. The summed E-state index contributed by atoms with van der Waals surface area (Å²) in [5.41, 5.74) is 0. The van der Waals surface area contributed by atoms with E-state index in [1.807, 2.05) is 11.9 Å². The van der Waals surface area contributed by atoms with Gasteiger partial charge in [-0.2, -0.15) is 0 Å². The van der Waals surface area contributed by atoms with Crippen LogP contribution >= 0.6 is 11.6 Å². The van der Waals surface area contributed by atoms with Crippen molar-refractivity contribution in [3.05, 3.63) is 29.3 Å². The first kappa shape index (κ1) is 15.2. The van der Waals surface area contributed by atoms with Gasteiger partial charge in [0.25, 0.3) is 5.91 Å². The Morgan fingerprint density at radius 1 is 1.25 bits per heavy atom. The van der Waals surface area contributed by atoms with Crippen LogP contribution in [0.15, 0.2) is 24.3 Å². The number of carbonyl (C=O) groups excluding carboxylic acids is 1. The van der Waals surface area contributed by atoms with Crippen molar-refractivity contribution in [1.82, 2.24) is 4.90 Å². The molecule has 0 radical (unpaired) electrons. The smallest absolute Gasteiger partial charge is 0.263 e. The molecular weight excluding hydrogens is 274 g/mol. The van der Waals surface area contributed by atoms with Crippen LogP contribution in [0.25, 0.3) is 0 Å². The Balaban J connectivity index is 1.92. The molecule has 0 bridgehead atoms. The van der Waals surface area contributed by atoms with E-state index in [0.717, 1.165) is 12.8 Å². The molecule has 0 spiro atoms. The zero-order valence-corrected chi connectivity index (χ0v) is 12.9. The fraction of sp³-hybridized carbons (Fsp3) is 0.562. The molecule has 0 aromatic heterocycles. The van der Waals surface area contributed by atoms with Gasteiger partial charge in [0.1, 0.15) is 5.75 Å². The molecule has 1 aromatic rings. The number of hydrogen-bond donors (Lipinski definition) is 0. The second-order valence-electron chi connectivity index (χ2n) is 5.45. The highest BCUT2D eigenvalue weighted by atomic mass is 35.5. The van der Waals surface area contributed by atoms with E-state index >= 15 is 0 Å². The summed E-state index contributed by atoms with van der Waals surface area (Å²) in [6.45, 7) is 1.80. The molecule has 20 heavy (non-hydrogen) atoms. The van der Waals surface area contributed by atoms with Gasteiger partial charge >= 0.3 is 0 Å². The summed E-state index contributed by atoms with van der Waals surface area (Å²) in [7, 11) is 1.89. The number of nitrogens with zero attached hydrogens (tertiary/aromatic N) is 1. The third-order valence-corrected chi connectivity index (χ3v) is 4.20. The van der Waals surface area contributed by atoms with E-state index in [0.29, 0.717) is 16.8 Å². The minimum Gasteiger partial charge on any atom is -0.481 e. The molecule has 0 N–H and O–H groups in total. The van der Waals surface area contributed by atoms with Gasteiger partial charge in [0.15, 0.2) is 6.10 Å². The lowest BCUT2D eigenvalue weighted by atomic mass is 9.94. The van der Waals surface area contributed by atoms with Crippen molar-refractivity contribution in [3.63, 3.8) is 0 Å². The van der Waals surface area contributed by atoms with E-state index in [1.54, 1.807) is 31.2 Å². The number of hydrogen-bond acceptors (Lipinski definition) is 2. The third kappa shape index (κ3) is 3.89. The molecule has 0 aliphatic heterocycles. The van der Waals surface area contributed by atoms with E-state index < -0.39 is 6.10 Å². The summed E-state index contributed by atoms with van der Waals surface area (Å²) >= 11 is 5.83. The number of amides is 1. The van der Waals surface area contributed by atoms with Gasteiger partial charge in [-0.25, -0.2) is 0 Å². The molecule has 1 aromatic carbocycles. The van der Waals surface area contributed by atoms with E-state index in [1.165, 1.54) is 19.3 Å². The average Bonchev–Trinajstić information content (AvgIpc) is 2.49. The minimum atomic E-state index is -0.469. The molecule has 1 saturated carbocycles. The number of ether oxygens (including phenoxy) is 1. The van der Waals surface area contributed by atoms with Crippen LogP contribution in [0.2, 0.25) is 5.02 Å². The van der Waals surface area contributed by atoms with Gasteiger partial charge in [0.05, 0.1) is 0 Å². The van der Waals surface area contributed by atoms with Crippen molar-refractivity contribution >= 4 is 17.5 Å². The van der Waals surface area contributed by atoms with Crippen molar-refractivity contribution < 1.29 is 9.53 Å². The van der Waals surface area contributed by atoms with Crippen LogP contribution < -0.4 is 4.74 Å². The molecule has 1 amide bonds. The first-order valence-electron chi connectivity index (χ1n) is 7.27. The zero-order chi connectivity index (χ0) is 14.5. The average molecular weight is 296 g/mol. The molecule has 1 fully saturated rings. The predicted molar refractivity (Wildman–Crippen MR) is 81.2 cm³/mol. The molecule has 1 atom stereocenters. The largest absolute Gasteiger partial charge is 0.481 e. The summed E-state index contributed by atoms with van der Waals surface area (Å²) < 4.78 is 5.69. The maximum absolute atomic E-state index is 12.4. The number of halogens is 1. The second-order valence-corrected chi connectivity index (χ2v) is 5.89. The first-order valence-corrected chi connectivity index (χ1v) is 7.64. The van der Waals surface area contributed by atoms with Crippen molar-refractivity contribution in [2.45, 2.75) is 51.2 Å². The van der Waals surface area contributed by atoms with Gasteiger partial charge in [0.2, 0.25) is 0 Å². The summed E-state index contributed by atoms with van der Waals surface area (Å²) in [4.78, 5) is 14.2. The van der Waals surface area contributed by atoms with Gasteiger partial charge < -0.3 is 9.64 Å². The van der Waals surface area contributed by atoms with E-state index in [-0.39, 0.29) is 5.91 Å². The molecule has 1 aliphatic carbocycles.